The molecule has 4 heteroatoms. The number of hydrogen-bond donors (Lipinski definition) is 0. The quantitative estimate of drug-likeness (QED) is 0.489. The van der Waals surface area contributed by atoms with Crippen molar-refractivity contribution in [1.29, 1.82) is 0 Å². The second kappa shape index (κ2) is 7.42. The highest BCUT2D eigenvalue weighted by atomic mass is 17.2. The third kappa shape index (κ3) is 3.01. The van der Waals surface area contributed by atoms with E-state index in [-0.39, 0.29) is 23.6 Å². The van der Waals surface area contributed by atoms with Crippen molar-refractivity contribution in [3.63, 3.8) is 0 Å². The first-order valence-corrected chi connectivity index (χ1v) is 14.1. The van der Waals surface area contributed by atoms with Gasteiger partial charge in [-0.2, -0.15) is 0 Å². The van der Waals surface area contributed by atoms with Gasteiger partial charge in [0.25, 0.3) is 0 Å². The van der Waals surface area contributed by atoms with Gasteiger partial charge in [-0.15, -0.1) is 0 Å². The van der Waals surface area contributed by atoms with Crippen LogP contribution in [0.5, 0.6) is 0 Å². The molecule has 3 aliphatic heterocycles. The Morgan fingerprint density at radius 2 is 1.62 bits per heavy atom. The summed E-state index contributed by atoms with van der Waals surface area (Å²) >= 11 is 0. The highest BCUT2D eigenvalue weighted by Crippen LogP contribution is 2.62. The van der Waals surface area contributed by atoms with Crippen LogP contribution in [-0.4, -0.2) is 30.2 Å². The number of hydrogen-bond acceptors (Lipinski definition) is 4. The first kappa shape index (κ1) is 21.1. The van der Waals surface area contributed by atoms with Gasteiger partial charge in [-0.3, -0.25) is 0 Å². The lowest BCUT2D eigenvalue weighted by Gasteiger charge is -2.61. The maximum absolute atomic E-state index is 6.84. The van der Waals surface area contributed by atoms with Crippen molar-refractivity contribution >= 4 is 0 Å². The van der Waals surface area contributed by atoms with E-state index in [1.807, 2.05) is 0 Å². The highest BCUT2D eigenvalue weighted by molar-refractivity contribution is 5.13. The molecule has 6 bridgehead atoms. The molecule has 0 radical (unpaired) electrons. The van der Waals surface area contributed by atoms with Crippen molar-refractivity contribution in [2.45, 2.75) is 115 Å². The monoisotopic (exact) mass is 444 g/mol. The molecule has 0 aromatic heterocycles. The lowest BCUT2D eigenvalue weighted by Crippen LogP contribution is -2.69. The van der Waals surface area contributed by atoms with Crippen LogP contribution in [0.2, 0.25) is 0 Å². The topological polar surface area (TPSA) is 36.9 Å². The Kier molecular flexibility index (Phi) is 4.90. The third-order valence-corrected chi connectivity index (χ3v) is 11.8. The maximum Gasteiger partial charge on any atom is 0.160 e. The molecular weight excluding hydrogens is 400 g/mol. The largest absolute Gasteiger partial charge is 0.352 e. The number of ether oxygens (including phenoxy) is 2. The van der Waals surface area contributed by atoms with Gasteiger partial charge in [0.15, 0.2) is 6.29 Å². The zero-order chi connectivity index (χ0) is 21.7. The van der Waals surface area contributed by atoms with Gasteiger partial charge in [0.05, 0.1) is 12.7 Å². The fourth-order valence-electron chi connectivity index (χ4n) is 10.4. The molecule has 32 heavy (non-hydrogen) atoms. The van der Waals surface area contributed by atoms with Crippen molar-refractivity contribution in [3.8, 4) is 0 Å². The summed E-state index contributed by atoms with van der Waals surface area (Å²) in [6.45, 7) is 7.89. The summed E-state index contributed by atoms with van der Waals surface area (Å²) < 4.78 is 13.5. The molecule has 9 aliphatic rings. The summed E-state index contributed by atoms with van der Waals surface area (Å²) in [5, 5.41) is 0. The molecule has 0 aromatic carbocycles. The van der Waals surface area contributed by atoms with Gasteiger partial charge >= 0.3 is 0 Å². The van der Waals surface area contributed by atoms with E-state index in [1.165, 1.54) is 51.4 Å². The van der Waals surface area contributed by atoms with Gasteiger partial charge < -0.3 is 9.47 Å². The molecule has 9 fully saturated rings. The van der Waals surface area contributed by atoms with Crippen LogP contribution in [-0.2, 0) is 19.2 Å². The number of rotatable bonds is 4. The summed E-state index contributed by atoms with van der Waals surface area (Å²) in [7, 11) is 0. The molecule has 9 rings (SSSR count). The van der Waals surface area contributed by atoms with E-state index < -0.39 is 0 Å². The van der Waals surface area contributed by atoms with Gasteiger partial charge in [0.1, 0.15) is 11.2 Å². The zero-order valence-electron chi connectivity index (χ0n) is 20.5. The zero-order valence-corrected chi connectivity index (χ0v) is 20.5. The van der Waals surface area contributed by atoms with Crippen LogP contribution in [0, 0.1) is 53.3 Å². The number of fused-ring (bicyclic) bond motifs is 2. The minimum atomic E-state index is -0.256. The van der Waals surface area contributed by atoms with Crippen molar-refractivity contribution in [1.82, 2.24) is 0 Å². The van der Waals surface area contributed by atoms with Crippen LogP contribution in [0.1, 0.15) is 91.4 Å². The lowest BCUT2D eigenvalue weighted by molar-refractivity contribution is -0.495. The predicted octanol–water partition coefficient (Wildman–Crippen LogP) is 6.13. The second-order valence-corrected chi connectivity index (χ2v) is 13.6. The first-order valence-electron chi connectivity index (χ1n) is 14.1. The minimum Gasteiger partial charge on any atom is -0.352 e. The van der Waals surface area contributed by atoms with E-state index in [9.17, 15) is 0 Å². The smallest absolute Gasteiger partial charge is 0.160 e. The molecule has 0 N–H and O–H groups in total. The maximum atomic E-state index is 6.84. The molecule has 3 heterocycles. The van der Waals surface area contributed by atoms with Crippen molar-refractivity contribution in [3.05, 3.63) is 0 Å². The van der Waals surface area contributed by atoms with Crippen LogP contribution in [0.3, 0.4) is 0 Å². The Morgan fingerprint density at radius 1 is 0.875 bits per heavy atom. The van der Waals surface area contributed by atoms with E-state index in [4.69, 9.17) is 19.2 Å². The Balaban J connectivity index is 1.06. The molecule has 3 saturated heterocycles. The van der Waals surface area contributed by atoms with E-state index in [0.717, 1.165) is 49.0 Å². The van der Waals surface area contributed by atoms with Crippen molar-refractivity contribution < 1.29 is 19.2 Å². The molecule has 6 saturated carbocycles. The first-order chi connectivity index (χ1) is 15.5. The Labute approximate surface area is 194 Å². The molecule has 8 atom stereocenters. The summed E-state index contributed by atoms with van der Waals surface area (Å²) in [6.07, 6.45) is 14.6. The molecule has 1 spiro atoms. The van der Waals surface area contributed by atoms with Crippen LogP contribution in [0.15, 0.2) is 0 Å². The highest BCUT2D eigenvalue weighted by Gasteiger charge is 2.68. The molecule has 0 aromatic rings. The molecule has 180 valence electrons. The third-order valence-electron chi connectivity index (χ3n) is 11.8. The minimum absolute atomic E-state index is 0.0759. The normalized spacial score (nSPS) is 60.3. The average molecular weight is 445 g/mol. The van der Waals surface area contributed by atoms with Crippen molar-refractivity contribution in [2.24, 2.45) is 53.3 Å². The van der Waals surface area contributed by atoms with E-state index in [2.05, 4.69) is 20.8 Å². The molecular formula is C28H44O4. The predicted molar refractivity (Wildman–Crippen MR) is 121 cm³/mol. The molecule has 0 amide bonds. The Bertz CT molecular complexity index is 711. The molecule has 0 unspecified atom stereocenters. The Morgan fingerprint density at radius 3 is 2.38 bits per heavy atom. The lowest BCUT2D eigenvalue weighted by atomic mass is 9.51. The fraction of sp³-hybridized carbons (Fsp3) is 1.00. The van der Waals surface area contributed by atoms with Gasteiger partial charge in [-0.1, -0.05) is 13.8 Å². The fourth-order valence-corrected chi connectivity index (χ4v) is 10.4. The Hall–Kier alpha value is -0.160. The van der Waals surface area contributed by atoms with Crippen LogP contribution in [0.25, 0.3) is 0 Å². The van der Waals surface area contributed by atoms with Crippen LogP contribution >= 0.6 is 0 Å². The summed E-state index contributed by atoms with van der Waals surface area (Å²) in [5.41, 5.74) is -0.461. The van der Waals surface area contributed by atoms with Gasteiger partial charge in [-0.05, 0) is 113 Å². The van der Waals surface area contributed by atoms with E-state index >= 15 is 0 Å². The SMILES string of the molecule is C[C@H]1[C@@H](OCCC2C3CC4CC(C3)CC2C4)O[C@@H]2C[C@]3(C)CC[C@H]4[C@H](C)CC[C@@H]1[C@@]24OO3. The van der Waals surface area contributed by atoms with E-state index in [1.54, 1.807) is 6.42 Å². The summed E-state index contributed by atoms with van der Waals surface area (Å²) in [6, 6.07) is 0. The van der Waals surface area contributed by atoms with Crippen molar-refractivity contribution in [2.75, 3.05) is 6.61 Å². The summed E-state index contributed by atoms with van der Waals surface area (Å²) in [4.78, 5) is 12.5. The second-order valence-electron chi connectivity index (χ2n) is 13.6. The summed E-state index contributed by atoms with van der Waals surface area (Å²) in [5.74, 6) is 7.10. The van der Waals surface area contributed by atoms with Crippen LogP contribution in [0.4, 0.5) is 0 Å². The van der Waals surface area contributed by atoms with Gasteiger partial charge in [-0.25, -0.2) is 9.78 Å². The van der Waals surface area contributed by atoms with E-state index in [0.29, 0.717) is 23.7 Å². The molecule has 6 aliphatic carbocycles. The standard InChI is InChI=1S/C28H44O4/c1-16-4-5-24-17(2)26(30-25-15-27(3)8-6-23(16)28(24,25)32-31-27)29-9-7-22-20-11-18-10-19(13-20)14-21(22)12-18/h16-26H,4-15H2,1-3H3/t16-,17-,18?,19?,20?,21?,22?,23+,24+,25-,26+,27+,28-/m1/s1. The van der Waals surface area contributed by atoms with Crippen LogP contribution < -0.4 is 0 Å². The average Bonchev–Trinajstić information content (AvgIpc) is 2.99. The molecule has 4 nitrogen and oxygen atoms in total. The van der Waals surface area contributed by atoms with Gasteiger partial charge in [0.2, 0.25) is 0 Å². The van der Waals surface area contributed by atoms with Gasteiger partial charge in [0, 0.05) is 18.3 Å².